The number of hydrogen-bond acceptors (Lipinski definition) is 4. The summed E-state index contributed by atoms with van der Waals surface area (Å²) < 4.78 is 5.66. The van der Waals surface area contributed by atoms with E-state index in [1.54, 1.807) is 18.2 Å². The number of rotatable bonds is 7. The zero-order valence-electron chi connectivity index (χ0n) is 12.3. The van der Waals surface area contributed by atoms with Gasteiger partial charge in [-0.1, -0.05) is 32.0 Å². The quantitative estimate of drug-likeness (QED) is 0.730. The molecular weight excluding hydrogens is 270 g/mol. The van der Waals surface area contributed by atoms with Gasteiger partial charge in [0.2, 0.25) is 0 Å². The van der Waals surface area contributed by atoms with E-state index in [1.807, 2.05) is 6.07 Å². The van der Waals surface area contributed by atoms with Crippen molar-refractivity contribution >= 4 is 16.9 Å². The summed E-state index contributed by atoms with van der Waals surface area (Å²) in [6.45, 7) is 4.55. The van der Waals surface area contributed by atoms with Gasteiger partial charge in [0.1, 0.15) is 16.9 Å². The Kier molecular flexibility index (Phi) is 4.98. The fraction of sp³-hybridized carbons (Fsp3) is 0.438. The standard InChI is InChI=1S/C16H21NO4/c1-10(2)12(7-8-18)17-9-14-15(16(19)20)11-5-3-4-6-13(11)21-14/h3-6,10,12,17-18H,7-9H2,1-2H3,(H,19,20). The molecule has 0 radical (unpaired) electrons. The number of fused-ring (bicyclic) bond motifs is 1. The van der Waals surface area contributed by atoms with E-state index in [4.69, 9.17) is 9.52 Å². The lowest BCUT2D eigenvalue weighted by Gasteiger charge is -2.21. The molecule has 0 fully saturated rings. The Balaban J connectivity index is 2.25. The minimum atomic E-state index is -0.986. The first-order chi connectivity index (χ1) is 10.0. The molecule has 0 amide bonds. The Labute approximate surface area is 123 Å². The van der Waals surface area contributed by atoms with Gasteiger partial charge in [-0.3, -0.25) is 0 Å². The number of aliphatic hydroxyl groups excluding tert-OH is 1. The molecule has 0 saturated carbocycles. The molecule has 0 aliphatic rings. The molecule has 0 aliphatic heterocycles. The van der Waals surface area contributed by atoms with E-state index >= 15 is 0 Å². The van der Waals surface area contributed by atoms with E-state index in [-0.39, 0.29) is 18.2 Å². The van der Waals surface area contributed by atoms with Gasteiger partial charge in [-0.15, -0.1) is 0 Å². The predicted molar refractivity (Wildman–Crippen MR) is 80.3 cm³/mol. The second kappa shape index (κ2) is 6.74. The van der Waals surface area contributed by atoms with E-state index in [2.05, 4.69) is 19.2 Å². The lowest BCUT2D eigenvalue weighted by atomic mass is 10.0. The molecule has 21 heavy (non-hydrogen) atoms. The lowest BCUT2D eigenvalue weighted by molar-refractivity contribution is 0.0696. The summed E-state index contributed by atoms with van der Waals surface area (Å²) in [4.78, 5) is 11.5. The van der Waals surface area contributed by atoms with Crippen molar-refractivity contribution in [1.29, 1.82) is 0 Å². The molecule has 1 aromatic heterocycles. The molecule has 5 nitrogen and oxygen atoms in total. The Bertz CT molecular complexity index is 618. The molecule has 1 atom stereocenters. The van der Waals surface area contributed by atoms with Gasteiger partial charge in [0, 0.05) is 18.0 Å². The van der Waals surface area contributed by atoms with Gasteiger partial charge in [-0.2, -0.15) is 0 Å². The number of carbonyl (C=O) groups is 1. The van der Waals surface area contributed by atoms with E-state index < -0.39 is 5.97 Å². The van der Waals surface area contributed by atoms with E-state index in [1.165, 1.54) is 0 Å². The topological polar surface area (TPSA) is 82.7 Å². The fourth-order valence-electron chi connectivity index (χ4n) is 2.49. The van der Waals surface area contributed by atoms with Crippen molar-refractivity contribution in [2.75, 3.05) is 6.61 Å². The van der Waals surface area contributed by atoms with E-state index in [9.17, 15) is 9.90 Å². The highest BCUT2D eigenvalue weighted by atomic mass is 16.4. The Morgan fingerprint density at radius 2 is 2.05 bits per heavy atom. The lowest BCUT2D eigenvalue weighted by Crippen LogP contribution is -2.34. The number of nitrogens with one attached hydrogen (secondary N) is 1. The average molecular weight is 291 g/mol. The molecule has 114 valence electrons. The minimum Gasteiger partial charge on any atom is -0.478 e. The predicted octanol–water partition coefficient (Wildman–Crippen LogP) is 2.63. The zero-order valence-corrected chi connectivity index (χ0v) is 12.3. The SMILES string of the molecule is CC(C)C(CCO)NCc1oc2ccccc2c1C(=O)O. The molecule has 5 heteroatoms. The van der Waals surface area contributed by atoms with Gasteiger partial charge in [-0.25, -0.2) is 4.79 Å². The van der Waals surface area contributed by atoms with Crippen molar-refractivity contribution in [2.45, 2.75) is 32.9 Å². The van der Waals surface area contributed by atoms with Crippen molar-refractivity contribution in [3.05, 3.63) is 35.6 Å². The Hall–Kier alpha value is -1.85. The van der Waals surface area contributed by atoms with Crippen molar-refractivity contribution < 1.29 is 19.4 Å². The van der Waals surface area contributed by atoms with Gasteiger partial charge in [0.05, 0.1) is 6.54 Å². The number of carboxylic acid groups (broad SMARTS) is 1. The number of benzene rings is 1. The molecule has 2 rings (SSSR count). The highest BCUT2D eigenvalue weighted by Crippen LogP contribution is 2.26. The maximum Gasteiger partial charge on any atom is 0.339 e. The molecule has 2 aromatic rings. The van der Waals surface area contributed by atoms with Crippen LogP contribution in [0.1, 0.15) is 36.4 Å². The number of aromatic carboxylic acids is 1. The average Bonchev–Trinajstić information content (AvgIpc) is 2.81. The summed E-state index contributed by atoms with van der Waals surface area (Å²) in [6.07, 6.45) is 0.625. The van der Waals surface area contributed by atoms with E-state index in [0.717, 1.165) is 0 Å². The first-order valence-corrected chi connectivity index (χ1v) is 7.12. The van der Waals surface area contributed by atoms with Crippen LogP contribution in [-0.4, -0.2) is 28.8 Å². The zero-order chi connectivity index (χ0) is 15.4. The number of para-hydroxylation sites is 1. The van der Waals surface area contributed by atoms with Crippen LogP contribution in [0.5, 0.6) is 0 Å². The summed E-state index contributed by atoms with van der Waals surface area (Å²) >= 11 is 0. The smallest absolute Gasteiger partial charge is 0.339 e. The maximum absolute atomic E-state index is 11.5. The molecule has 0 bridgehead atoms. The van der Waals surface area contributed by atoms with Gasteiger partial charge < -0.3 is 19.9 Å². The largest absolute Gasteiger partial charge is 0.478 e. The second-order valence-electron chi connectivity index (χ2n) is 5.45. The van der Waals surface area contributed by atoms with Crippen LogP contribution in [-0.2, 0) is 6.54 Å². The van der Waals surface area contributed by atoms with Gasteiger partial charge in [0.25, 0.3) is 0 Å². The van der Waals surface area contributed by atoms with Crippen molar-refractivity contribution in [3.63, 3.8) is 0 Å². The second-order valence-corrected chi connectivity index (χ2v) is 5.45. The van der Waals surface area contributed by atoms with Gasteiger partial charge in [0.15, 0.2) is 0 Å². The van der Waals surface area contributed by atoms with Crippen LogP contribution in [0, 0.1) is 5.92 Å². The van der Waals surface area contributed by atoms with Crippen LogP contribution >= 0.6 is 0 Å². The van der Waals surface area contributed by atoms with Crippen LogP contribution in [0.3, 0.4) is 0 Å². The fourth-order valence-corrected chi connectivity index (χ4v) is 2.49. The molecular formula is C16H21NO4. The van der Waals surface area contributed by atoms with Crippen LogP contribution in [0.15, 0.2) is 28.7 Å². The van der Waals surface area contributed by atoms with E-state index in [0.29, 0.717) is 35.6 Å². The number of hydrogen-bond donors (Lipinski definition) is 3. The van der Waals surface area contributed by atoms with Gasteiger partial charge in [-0.05, 0) is 18.4 Å². The maximum atomic E-state index is 11.5. The monoisotopic (exact) mass is 291 g/mol. The van der Waals surface area contributed by atoms with Gasteiger partial charge >= 0.3 is 5.97 Å². The summed E-state index contributed by atoms with van der Waals surface area (Å²) in [6, 6.07) is 7.24. The summed E-state index contributed by atoms with van der Waals surface area (Å²) in [5.74, 6) is -0.220. The first kappa shape index (κ1) is 15.5. The van der Waals surface area contributed by atoms with Crippen LogP contribution in [0.25, 0.3) is 11.0 Å². The van der Waals surface area contributed by atoms with Crippen molar-refractivity contribution in [2.24, 2.45) is 5.92 Å². The minimum absolute atomic E-state index is 0.0990. The third kappa shape index (κ3) is 3.43. The third-order valence-electron chi connectivity index (χ3n) is 3.65. The highest BCUT2D eigenvalue weighted by molar-refractivity contribution is 6.03. The Morgan fingerprint density at radius 3 is 2.67 bits per heavy atom. The summed E-state index contributed by atoms with van der Waals surface area (Å²) in [7, 11) is 0. The molecule has 0 spiro atoms. The Morgan fingerprint density at radius 1 is 1.33 bits per heavy atom. The van der Waals surface area contributed by atoms with Crippen LogP contribution < -0.4 is 5.32 Å². The summed E-state index contributed by atoms with van der Waals surface area (Å²) in [5.41, 5.74) is 0.791. The number of carboxylic acids is 1. The van der Waals surface area contributed by atoms with Crippen LogP contribution in [0.2, 0.25) is 0 Å². The summed E-state index contributed by atoms with van der Waals surface area (Å²) in [5, 5.41) is 22.4. The van der Waals surface area contributed by atoms with Crippen molar-refractivity contribution in [3.8, 4) is 0 Å². The molecule has 0 aliphatic carbocycles. The highest BCUT2D eigenvalue weighted by Gasteiger charge is 2.21. The van der Waals surface area contributed by atoms with Crippen LogP contribution in [0.4, 0.5) is 0 Å². The molecule has 0 saturated heterocycles. The third-order valence-corrected chi connectivity index (χ3v) is 3.65. The number of furan rings is 1. The molecule has 1 heterocycles. The first-order valence-electron chi connectivity index (χ1n) is 7.12. The molecule has 1 unspecified atom stereocenters. The van der Waals surface area contributed by atoms with Crippen molar-refractivity contribution in [1.82, 2.24) is 5.32 Å². The normalized spacial score (nSPS) is 13.0. The molecule has 1 aromatic carbocycles. The molecule has 3 N–H and O–H groups in total. The number of aliphatic hydroxyl groups is 1.